The number of fused-ring (bicyclic) bond motifs is 1. The van der Waals surface area contributed by atoms with Crippen molar-refractivity contribution < 1.29 is 13.2 Å². The first kappa shape index (κ1) is 20.4. The van der Waals surface area contributed by atoms with E-state index in [0.717, 1.165) is 16.5 Å². The number of nitrogens with zero attached hydrogens (tertiary/aromatic N) is 1. The van der Waals surface area contributed by atoms with Crippen LogP contribution in [0.25, 0.3) is 10.9 Å². The van der Waals surface area contributed by atoms with E-state index in [2.05, 4.69) is 10.0 Å². The summed E-state index contributed by atoms with van der Waals surface area (Å²) >= 11 is 6.02. The first-order valence-corrected chi connectivity index (χ1v) is 10.7. The number of aromatic nitrogens is 1. The molecule has 0 unspecified atom stereocenters. The van der Waals surface area contributed by atoms with Crippen LogP contribution in [0.2, 0.25) is 5.02 Å². The highest BCUT2D eigenvalue weighted by Crippen LogP contribution is 2.20. The molecule has 8 heteroatoms. The van der Waals surface area contributed by atoms with Crippen LogP contribution < -0.4 is 10.0 Å². The molecule has 28 heavy (non-hydrogen) atoms. The van der Waals surface area contributed by atoms with Crippen LogP contribution in [-0.2, 0) is 21.4 Å². The van der Waals surface area contributed by atoms with Gasteiger partial charge >= 0.3 is 0 Å². The van der Waals surface area contributed by atoms with Gasteiger partial charge in [-0.2, -0.15) is 0 Å². The van der Waals surface area contributed by atoms with Gasteiger partial charge in [0.15, 0.2) is 0 Å². The summed E-state index contributed by atoms with van der Waals surface area (Å²) in [5.74, 6) is -0.205. The maximum atomic E-state index is 12.4. The predicted molar refractivity (Wildman–Crippen MR) is 111 cm³/mol. The van der Waals surface area contributed by atoms with Crippen molar-refractivity contribution in [2.45, 2.75) is 25.3 Å². The second kappa shape index (κ2) is 8.34. The summed E-state index contributed by atoms with van der Waals surface area (Å²) in [6.45, 7) is 4.04. The van der Waals surface area contributed by atoms with E-state index in [9.17, 15) is 13.2 Å². The smallest absolute Gasteiger partial charge is 0.240 e. The summed E-state index contributed by atoms with van der Waals surface area (Å²) in [5.41, 5.74) is 2.43. The SMILES string of the molecule is Cc1ccc(C)c(S(=O)(=O)NCCNC(=O)Cn2ccc3ccc(Cl)cc32)c1. The van der Waals surface area contributed by atoms with Crippen molar-refractivity contribution in [3.05, 3.63) is 64.8 Å². The van der Waals surface area contributed by atoms with Gasteiger partial charge in [0.05, 0.1) is 4.90 Å². The molecule has 0 atom stereocenters. The molecule has 1 amide bonds. The number of hydrogen-bond acceptors (Lipinski definition) is 3. The highest BCUT2D eigenvalue weighted by Gasteiger charge is 2.16. The zero-order chi connectivity index (χ0) is 20.3. The first-order chi connectivity index (χ1) is 13.3. The molecule has 2 N–H and O–H groups in total. The van der Waals surface area contributed by atoms with E-state index in [-0.39, 0.29) is 30.4 Å². The Labute approximate surface area is 169 Å². The Morgan fingerprint density at radius 3 is 2.64 bits per heavy atom. The minimum absolute atomic E-state index is 0.111. The van der Waals surface area contributed by atoms with Crippen LogP contribution in [-0.4, -0.2) is 32.0 Å². The third-order valence-electron chi connectivity index (χ3n) is 4.42. The Hall–Kier alpha value is -2.35. The maximum absolute atomic E-state index is 12.4. The first-order valence-electron chi connectivity index (χ1n) is 8.84. The molecule has 1 aromatic heterocycles. The van der Waals surface area contributed by atoms with Crippen LogP contribution in [0.4, 0.5) is 0 Å². The minimum Gasteiger partial charge on any atom is -0.353 e. The number of amides is 1. The Morgan fingerprint density at radius 1 is 1.07 bits per heavy atom. The standard InChI is InChI=1S/C20H22ClN3O3S/c1-14-3-4-15(2)19(11-14)28(26,27)23-9-8-22-20(25)13-24-10-7-16-5-6-17(21)12-18(16)24/h3-7,10-12,23H,8-9,13H2,1-2H3,(H,22,25). The normalized spacial score (nSPS) is 11.7. The number of hydrogen-bond donors (Lipinski definition) is 2. The van der Waals surface area contributed by atoms with Crippen molar-refractivity contribution in [2.75, 3.05) is 13.1 Å². The average molecular weight is 420 g/mol. The molecule has 3 aromatic rings. The fraction of sp³-hybridized carbons (Fsp3) is 0.250. The van der Waals surface area contributed by atoms with E-state index in [1.807, 2.05) is 37.4 Å². The van der Waals surface area contributed by atoms with Gasteiger partial charge in [0.25, 0.3) is 0 Å². The number of carbonyl (C=O) groups excluding carboxylic acids is 1. The Bertz CT molecular complexity index is 1120. The molecular weight excluding hydrogens is 398 g/mol. The van der Waals surface area contributed by atoms with Crippen molar-refractivity contribution in [2.24, 2.45) is 0 Å². The summed E-state index contributed by atoms with van der Waals surface area (Å²) in [7, 11) is -3.62. The second-order valence-electron chi connectivity index (χ2n) is 6.66. The van der Waals surface area contributed by atoms with Gasteiger partial charge in [0.1, 0.15) is 6.54 Å². The zero-order valence-electron chi connectivity index (χ0n) is 15.7. The van der Waals surface area contributed by atoms with Gasteiger partial charge in [-0.15, -0.1) is 0 Å². The van der Waals surface area contributed by atoms with Crippen molar-refractivity contribution >= 4 is 38.4 Å². The maximum Gasteiger partial charge on any atom is 0.240 e. The average Bonchev–Trinajstić information content (AvgIpc) is 3.02. The van der Waals surface area contributed by atoms with E-state index in [1.165, 1.54) is 0 Å². The van der Waals surface area contributed by atoms with Crippen LogP contribution in [0.5, 0.6) is 0 Å². The predicted octanol–water partition coefficient (Wildman–Crippen LogP) is 3.01. The molecule has 6 nitrogen and oxygen atoms in total. The summed E-state index contributed by atoms with van der Waals surface area (Å²) in [6, 6.07) is 12.7. The van der Waals surface area contributed by atoms with E-state index in [0.29, 0.717) is 10.6 Å². The summed E-state index contributed by atoms with van der Waals surface area (Å²) in [5, 5.41) is 4.33. The molecule has 0 radical (unpaired) electrons. The van der Waals surface area contributed by atoms with Crippen molar-refractivity contribution in [1.29, 1.82) is 0 Å². The fourth-order valence-corrected chi connectivity index (χ4v) is 4.49. The van der Waals surface area contributed by atoms with Gasteiger partial charge < -0.3 is 9.88 Å². The second-order valence-corrected chi connectivity index (χ2v) is 8.84. The van der Waals surface area contributed by atoms with Crippen molar-refractivity contribution in [3.63, 3.8) is 0 Å². The molecule has 0 spiro atoms. The summed E-state index contributed by atoms with van der Waals surface area (Å²) < 4.78 is 29.2. The topological polar surface area (TPSA) is 80.2 Å². The van der Waals surface area contributed by atoms with Gasteiger partial charge in [0, 0.05) is 29.8 Å². The number of carbonyl (C=O) groups is 1. The highest BCUT2D eigenvalue weighted by molar-refractivity contribution is 7.89. The molecule has 0 saturated heterocycles. The van der Waals surface area contributed by atoms with Crippen LogP contribution in [0.1, 0.15) is 11.1 Å². The molecule has 0 aliphatic rings. The molecule has 3 rings (SSSR count). The van der Waals surface area contributed by atoms with Crippen LogP contribution in [0.15, 0.2) is 53.6 Å². The summed E-state index contributed by atoms with van der Waals surface area (Å²) in [6.07, 6.45) is 1.82. The zero-order valence-corrected chi connectivity index (χ0v) is 17.3. The Kier molecular flexibility index (Phi) is 6.07. The fourth-order valence-electron chi connectivity index (χ4n) is 2.97. The Balaban J connectivity index is 1.54. The molecular formula is C20H22ClN3O3S. The van der Waals surface area contributed by atoms with Gasteiger partial charge in [0.2, 0.25) is 15.9 Å². The van der Waals surface area contributed by atoms with Gasteiger partial charge in [-0.25, -0.2) is 13.1 Å². The number of sulfonamides is 1. The van der Waals surface area contributed by atoms with Gasteiger partial charge in [-0.3, -0.25) is 4.79 Å². The van der Waals surface area contributed by atoms with Crippen LogP contribution in [0.3, 0.4) is 0 Å². The van der Waals surface area contributed by atoms with E-state index in [1.54, 1.807) is 29.7 Å². The molecule has 0 fully saturated rings. The lowest BCUT2D eigenvalue weighted by Gasteiger charge is -2.11. The van der Waals surface area contributed by atoms with E-state index >= 15 is 0 Å². The molecule has 148 valence electrons. The van der Waals surface area contributed by atoms with Crippen LogP contribution >= 0.6 is 11.6 Å². The number of aryl methyl sites for hydroxylation is 2. The molecule has 0 aliphatic heterocycles. The number of benzene rings is 2. The summed E-state index contributed by atoms with van der Waals surface area (Å²) in [4.78, 5) is 12.4. The largest absolute Gasteiger partial charge is 0.353 e. The van der Waals surface area contributed by atoms with E-state index < -0.39 is 10.0 Å². The Morgan fingerprint density at radius 2 is 1.86 bits per heavy atom. The quantitative estimate of drug-likeness (QED) is 0.578. The van der Waals surface area contributed by atoms with E-state index in [4.69, 9.17) is 11.6 Å². The lowest BCUT2D eigenvalue weighted by atomic mass is 10.2. The molecule has 0 saturated carbocycles. The third-order valence-corrected chi connectivity index (χ3v) is 6.26. The third kappa shape index (κ3) is 4.73. The highest BCUT2D eigenvalue weighted by atomic mass is 35.5. The van der Waals surface area contributed by atoms with Gasteiger partial charge in [-0.1, -0.05) is 29.8 Å². The number of nitrogens with one attached hydrogen (secondary N) is 2. The number of rotatable bonds is 7. The monoisotopic (exact) mass is 419 g/mol. The van der Waals surface area contributed by atoms with Crippen molar-refractivity contribution in [1.82, 2.24) is 14.6 Å². The lowest BCUT2D eigenvalue weighted by molar-refractivity contribution is -0.121. The molecule has 0 bridgehead atoms. The lowest BCUT2D eigenvalue weighted by Crippen LogP contribution is -2.36. The minimum atomic E-state index is -3.62. The van der Waals surface area contributed by atoms with Crippen LogP contribution in [0, 0.1) is 13.8 Å². The number of halogens is 1. The van der Waals surface area contributed by atoms with Gasteiger partial charge in [-0.05, 0) is 54.6 Å². The van der Waals surface area contributed by atoms with Crippen molar-refractivity contribution in [3.8, 4) is 0 Å². The molecule has 0 aliphatic carbocycles. The molecule has 2 aromatic carbocycles. The molecule has 1 heterocycles.